The summed E-state index contributed by atoms with van der Waals surface area (Å²) < 4.78 is 5.63. The van der Waals surface area contributed by atoms with Gasteiger partial charge >= 0.3 is 0 Å². The van der Waals surface area contributed by atoms with E-state index in [2.05, 4.69) is 46.9 Å². The molecule has 1 amide bonds. The molecule has 0 aliphatic heterocycles. The molecule has 3 aromatic carbocycles. The SMILES string of the molecule is Cc1noc(-c2ccc(-c3ccc(C4(C=O)CC4)cc3)cc2)c1CNC(=O)CCc1ccccc1. The Morgan fingerprint density at radius 2 is 1.57 bits per heavy atom. The first-order chi connectivity index (χ1) is 17.1. The van der Waals surface area contributed by atoms with E-state index in [1.165, 1.54) is 0 Å². The molecule has 0 atom stereocenters. The number of hydrogen-bond acceptors (Lipinski definition) is 4. The summed E-state index contributed by atoms with van der Waals surface area (Å²) in [6, 6.07) is 26.4. The monoisotopic (exact) mass is 464 g/mol. The van der Waals surface area contributed by atoms with Crippen molar-refractivity contribution in [1.29, 1.82) is 0 Å². The van der Waals surface area contributed by atoms with E-state index in [4.69, 9.17) is 4.52 Å². The molecule has 0 saturated heterocycles. The van der Waals surface area contributed by atoms with Crippen LogP contribution in [0.1, 0.15) is 41.6 Å². The van der Waals surface area contributed by atoms with Crippen LogP contribution in [0.4, 0.5) is 0 Å². The van der Waals surface area contributed by atoms with Crippen molar-refractivity contribution in [3.05, 3.63) is 101 Å². The van der Waals surface area contributed by atoms with Crippen molar-refractivity contribution < 1.29 is 14.1 Å². The highest BCUT2D eigenvalue weighted by atomic mass is 16.5. The van der Waals surface area contributed by atoms with E-state index in [1.807, 2.05) is 49.4 Å². The second-order valence-corrected chi connectivity index (χ2v) is 9.27. The smallest absolute Gasteiger partial charge is 0.220 e. The maximum atomic E-state index is 12.4. The van der Waals surface area contributed by atoms with Crippen LogP contribution in [0.3, 0.4) is 0 Å². The normalized spacial score (nSPS) is 13.9. The second kappa shape index (κ2) is 9.71. The number of amides is 1. The van der Waals surface area contributed by atoms with Crippen LogP contribution in [-0.2, 0) is 28.0 Å². The fraction of sp³-hybridized carbons (Fsp3) is 0.233. The van der Waals surface area contributed by atoms with Crippen LogP contribution in [0.5, 0.6) is 0 Å². The minimum Gasteiger partial charge on any atom is -0.356 e. The number of hydrogen-bond donors (Lipinski definition) is 1. The van der Waals surface area contributed by atoms with Crippen LogP contribution < -0.4 is 5.32 Å². The van der Waals surface area contributed by atoms with E-state index < -0.39 is 0 Å². The molecule has 4 aromatic rings. The van der Waals surface area contributed by atoms with Crippen LogP contribution in [0.15, 0.2) is 83.4 Å². The van der Waals surface area contributed by atoms with Crippen molar-refractivity contribution in [1.82, 2.24) is 10.5 Å². The molecular formula is C30H28N2O3. The number of carbonyl (C=O) groups excluding carboxylic acids is 2. The van der Waals surface area contributed by atoms with Gasteiger partial charge in [0.15, 0.2) is 5.76 Å². The van der Waals surface area contributed by atoms with Crippen molar-refractivity contribution in [2.24, 2.45) is 0 Å². The van der Waals surface area contributed by atoms with E-state index >= 15 is 0 Å². The summed E-state index contributed by atoms with van der Waals surface area (Å²) in [4.78, 5) is 23.8. The number of benzene rings is 3. The molecule has 0 radical (unpaired) electrons. The average Bonchev–Trinajstić information content (AvgIpc) is 3.63. The fourth-order valence-electron chi connectivity index (χ4n) is 4.42. The maximum Gasteiger partial charge on any atom is 0.220 e. The number of carbonyl (C=O) groups is 2. The quantitative estimate of drug-likeness (QED) is 0.318. The van der Waals surface area contributed by atoms with Gasteiger partial charge in [-0.15, -0.1) is 0 Å². The molecule has 1 aromatic heterocycles. The lowest BCUT2D eigenvalue weighted by Gasteiger charge is -2.09. The number of nitrogens with one attached hydrogen (secondary N) is 1. The third-order valence-corrected chi connectivity index (χ3v) is 6.89. The molecule has 0 bridgehead atoms. The first-order valence-corrected chi connectivity index (χ1v) is 12.0. The zero-order valence-corrected chi connectivity index (χ0v) is 19.8. The highest BCUT2D eigenvalue weighted by Crippen LogP contribution is 2.46. The Morgan fingerprint density at radius 1 is 0.943 bits per heavy atom. The number of nitrogens with zero attached hydrogens (tertiary/aromatic N) is 1. The van der Waals surface area contributed by atoms with Crippen LogP contribution >= 0.6 is 0 Å². The zero-order chi connectivity index (χ0) is 24.3. The van der Waals surface area contributed by atoms with Gasteiger partial charge < -0.3 is 14.6 Å². The van der Waals surface area contributed by atoms with Gasteiger partial charge in [-0.05, 0) is 48.4 Å². The van der Waals surface area contributed by atoms with Crippen LogP contribution in [0, 0.1) is 6.92 Å². The van der Waals surface area contributed by atoms with Crippen molar-refractivity contribution in [2.75, 3.05) is 0 Å². The van der Waals surface area contributed by atoms with Crippen molar-refractivity contribution in [2.45, 2.75) is 44.6 Å². The van der Waals surface area contributed by atoms with E-state index in [9.17, 15) is 9.59 Å². The molecule has 35 heavy (non-hydrogen) atoms. The van der Waals surface area contributed by atoms with Gasteiger partial charge in [-0.3, -0.25) is 4.79 Å². The summed E-state index contributed by atoms with van der Waals surface area (Å²) in [7, 11) is 0. The van der Waals surface area contributed by atoms with Gasteiger partial charge in [0.25, 0.3) is 0 Å². The Balaban J connectivity index is 1.24. The minimum absolute atomic E-state index is 0.00162. The Labute approximate surface area is 205 Å². The van der Waals surface area contributed by atoms with E-state index in [0.717, 1.165) is 58.2 Å². The maximum absolute atomic E-state index is 12.4. The zero-order valence-electron chi connectivity index (χ0n) is 19.8. The fourth-order valence-corrected chi connectivity index (χ4v) is 4.42. The second-order valence-electron chi connectivity index (χ2n) is 9.27. The highest BCUT2D eigenvalue weighted by Gasteiger charge is 2.44. The summed E-state index contributed by atoms with van der Waals surface area (Å²) in [5, 5.41) is 7.14. The van der Waals surface area contributed by atoms with Gasteiger partial charge in [-0.25, -0.2) is 0 Å². The molecule has 0 spiro atoms. The Hall–Kier alpha value is -3.99. The lowest BCUT2D eigenvalue weighted by molar-refractivity contribution is -0.121. The van der Waals surface area contributed by atoms with Crippen LogP contribution in [-0.4, -0.2) is 17.4 Å². The summed E-state index contributed by atoms with van der Waals surface area (Å²) in [6.07, 6.45) is 4.11. The van der Waals surface area contributed by atoms with Gasteiger partial charge in [0.1, 0.15) is 6.29 Å². The van der Waals surface area contributed by atoms with Crippen molar-refractivity contribution in [3.63, 3.8) is 0 Å². The predicted molar refractivity (Wildman–Crippen MR) is 136 cm³/mol. The standard InChI is InChI=1S/C30H28N2O3/c1-21-27(19-31-28(34)16-7-22-5-3-2-4-6-22)29(35-32-21)25-10-8-23(9-11-25)24-12-14-26(15-13-24)30(20-33)17-18-30/h2-6,8-15,20H,7,16-19H2,1H3,(H,31,34). The Bertz CT molecular complexity index is 1320. The first-order valence-electron chi connectivity index (χ1n) is 12.0. The first kappa shape index (κ1) is 22.8. The number of aryl methyl sites for hydroxylation is 2. The molecule has 1 saturated carbocycles. The van der Waals surface area contributed by atoms with Gasteiger partial charge in [-0.1, -0.05) is 84.0 Å². The molecule has 0 unspecified atom stereocenters. The van der Waals surface area contributed by atoms with E-state index in [0.29, 0.717) is 25.1 Å². The topological polar surface area (TPSA) is 72.2 Å². The average molecular weight is 465 g/mol. The molecule has 1 aliphatic rings. The summed E-state index contributed by atoms with van der Waals surface area (Å²) >= 11 is 0. The van der Waals surface area contributed by atoms with Crippen molar-refractivity contribution >= 4 is 12.2 Å². The molecule has 5 heteroatoms. The molecule has 1 fully saturated rings. The third-order valence-electron chi connectivity index (χ3n) is 6.89. The number of aromatic nitrogens is 1. The highest BCUT2D eigenvalue weighted by molar-refractivity contribution is 5.77. The summed E-state index contributed by atoms with van der Waals surface area (Å²) in [5.41, 5.74) is 6.75. The molecule has 1 aliphatic carbocycles. The predicted octanol–water partition coefficient (Wildman–Crippen LogP) is 5.80. The lowest BCUT2D eigenvalue weighted by Crippen LogP contribution is -2.23. The van der Waals surface area contributed by atoms with Gasteiger partial charge in [0.05, 0.1) is 11.1 Å². The molecule has 1 N–H and O–H groups in total. The lowest BCUT2D eigenvalue weighted by atomic mass is 9.94. The van der Waals surface area contributed by atoms with Crippen LogP contribution in [0.25, 0.3) is 22.5 Å². The molecule has 5 nitrogen and oxygen atoms in total. The largest absolute Gasteiger partial charge is 0.356 e. The van der Waals surface area contributed by atoms with Gasteiger partial charge in [-0.2, -0.15) is 0 Å². The molecule has 176 valence electrons. The van der Waals surface area contributed by atoms with Crippen molar-refractivity contribution in [3.8, 4) is 22.5 Å². The van der Waals surface area contributed by atoms with Crippen LogP contribution in [0.2, 0.25) is 0 Å². The summed E-state index contributed by atoms with van der Waals surface area (Å²) in [5.74, 6) is 0.677. The van der Waals surface area contributed by atoms with E-state index in [1.54, 1.807) is 0 Å². The van der Waals surface area contributed by atoms with Gasteiger partial charge in [0, 0.05) is 24.1 Å². The molecule has 1 heterocycles. The summed E-state index contributed by atoms with van der Waals surface area (Å²) in [6.45, 7) is 2.26. The van der Waals surface area contributed by atoms with Gasteiger partial charge in [0.2, 0.25) is 5.91 Å². The third kappa shape index (κ3) is 4.94. The number of rotatable bonds is 9. The molecule has 5 rings (SSSR count). The minimum atomic E-state index is -0.250. The Morgan fingerprint density at radius 3 is 2.20 bits per heavy atom. The van der Waals surface area contributed by atoms with E-state index in [-0.39, 0.29) is 11.3 Å². The molecular weight excluding hydrogens is 436 g/mol. The number of aldehydes is 1. The Kier molecular flexibility index (Phi) is 6.32.